The van der Waals surface area contributed by atoms with Crippen LogP contribution in [0.2, 0.25) is 10.0 Å². The maximum Gasteiger partial charge on any atom is 0.192 e. The zero-order chi connectivity index (χ0) is 16.6. The average Bonchev–Trinajstić information content (AvgIpc) is 3.08. The number of benzene rings is 1. The molecule has 6 heteroatoms. The van der Waals surface area contributed by atoms with Gasteiger partial charge in [-0.1, -0.05) is 35.3 Å². The van der Waals surface area contributed by atoms with Crippen LogP contribution in [0.4, 0.5) is 0 Å². The number of carbonyl (C=O) groups is 1. The highest BCUT2D eigenvalue weighted by molar-refractivity contribution is 7.80. The van der Waals surface area contributed by atoms with Crippen molar-refractivity contribution < 1.29 is 9.53 Å². The van der Waals surface area contributed by atoms with Crippen LogP contribution >= 0.6 is 35.4 Å². The number of fused-ring (bicyclic) bond motifs is 1. The first kappa shape index (κ1) is 16.5. The molecule has 3 rings (SSSR count). The number of ketones is 1. The molecule has 2 aliphatic heterocycles. The van der Waals surface area contributed by atoms with E-state index in [0.29, 0.717) is 27.3 Å². The normalized spacial score (nSPS) is 19.3. The van der Waals surface area contributed by atoms with Gasteiger partial charge in [0.05, 0.1) is 22.2 Å². The van der Waals surface area contributed by atoms with Gasteiger partial charge in [0, 0.05) is 17.8 Å². The molecule has 0 bridgehead atoms. The highest BCUT2D eigenvalue weighted by Gasteiger charge is 2.37. The Morgan fingerprint density at radius 2 is 2.09 bits per heavy atom. The second kappa shape index (κ2) is 6.63. The van der Waals surface area contributed by atoms with E-state index in [1.54, 1.807) is 18.2 Å². The summed E-state index contributed by atoms with van der Waals surface area (Å²) in [5.41, 5.74) is 2.32. The number of rotatable bonds is 4. The van der Waals surface area contributed by atoms with Gasteiger partial charge in [-0.15, -0.1) is 0 Å². The van der Waals surface area contributed by atoms with Crippen molar-refractivity contribution in [1.29, 1.82) is 0 Å². The average molecular weight is 368 g/mol. The zero-order valence-corrected chi connectivity index (χ0v) is 14.8. The number of halogens is 2. The van der Waals surface area contributed by atoms with Crippen LogP contribution in [-0.2, 0) is 4.74 Å². The second-order valence-corrected chi connectivity index (χ2v) is 6.48. The fraction of sp³-hybridized carbons (Fsp3) is 0.294. The van der Waals surface area contributed by atoms with Crippen LogP contribution in [0, 0.1) is 0 Å². The minimum Gasteiger partial charge on any atom is -0.483 e. The van der Waals surface area contributed by atoms with Crippen molar-refractivity contribution >= 4 is 46.3 Å². The molecule has 0 aliphatic carbocycles. The molecule has 1 aromatic rings. The smallest absolute Gasteiger partial charge is 0.192 e. The molecule has 2 aliphatic rings. The lowest BCUT2D eigenvalue weighted by Crippen LogP contribution is -2.34. The van der Waals surface area contributed by atoms with Gasteiger partial charge < -0.3 is 9.64 Å². The third kappa shape index (κ3) is 2.91. The molecular weight excluding hydrogens is 353 g/mol. The van der Waals surface area contributed by atoms with Gasteiger partial charge in [0.15, 0.2) is 10.8 Å². The largest absolute Gasteiger partial charge is 0.483 e. The van der Waals surface area contributed by atoms with E-state index in [1.165, 1.54) is 0 Å². The highest BCUT2D eigenvalue weighted by Crippen LogP contribution is 2.35. The maximum atomic E-state index is 12.9. The molecule has 23 heavy (non-hydrogen) atoms. The van der Waals surface area contributed by atoms with Crippen LogP contribution in [0.3, 0.4) is 0 Å². The van der Waals surface area contributed by atoms with E-state index in [4.69, 9.17) is 40.2 Å². The van der Waals surface area contributed by atoms with E-state index in [-0.39, 0.29) is 5.78 Å². The van der Waals surface area contributed by atoms with Gasteiger partial charge in [-0.3, -0.25) is 4.79 Å². The predicted octanol–water partition coefficient (Wildman–Crippen LogP) is 4.44. The Kier molecular flexibility index (Phi) is 4.76. The Morgan fingerprint density at radius 1 is 1.39 bits per heavy atom. The first-order valence-electron chi connectivity index (χ1n) is 7.38. The van der Waals surface area contributed by atoms with Crippen molar-refractivity contribution in [1.82, 2.24) is 4.90 Å². The van der Waals surface area contributed by atoms with Crippen LogP contribution in [0.25, 0.3) is 0 Å². The summed E-state index contributed by atoms with van der Waals surface area (Å²) in [6.45, 7) is 3.17. The van der Waals surface area contributed by atoms with Crippen LogP contribution in [0.15, 0.2) is 41.6 Å². The fourth-order valence-electron chi connectivity index (χ4n) is 2.96. The number of hydrogen-bond acceptors (Lipinski definition) is 4. The van der Waals surface area contributed by atoms with Gasteiger partial charge in [0.1, 0.15) is 6.04 Å². The zero-order valence-electron chi connectivity index (χ0n) is 12.5. The van der Waals surface area contributed by atoms with E-state index in [1.807, 2.05) is 24.0 Å². The summed E-state index contributed by atoms with van der Waals surface area (Å²) >= 11 is 17.6. The van der Waals surface area contributed by atoms with Crippen molar-refractivity contribution in [3.63, 3.8) is 0 Å². The molecule has 3 nitrogen and oxygen atoms in total. The molecule has 0 spiro atoms. The number of nitrogens with zero attached hydrogens (tertiary/aromatic N) is 1. The molecule has 0 saturated heterocycles. The molecule has 1 unspecified atom stereocenters. The number of hydrogen-bond donors (Lipinski definition) is 0. The number of thiocarbonyl (C=S) groups is 1. The summed E-state index contributed by atoms with van der Waals surface area (Å²) in [6.07, 6.45) is 4.57. The van der Waals surface area contributed by atoms with E-state index < -0.39 is 6.04 Å². The molecule has 0 saturated carbocycles. The standard InChI is InChI=1S/C17H15Cl2NO2S/c1-2-22-17(23)10-8-9-20-13(10)6-7-14(20)16(21)15-11(18)4-3-5-12(15)19/h3-7,14H,2,8-9H2,1H3. The Balaban J connectivity index is 1.89. The van der Waals surface area contributed by atoms with Crippen LogP contribution in [0.5, 0.6) is 0 Å². The van der Waals surface area contributed by atoms with E-state index in [9.17, 15) is 4.79 Å². The van der Waals surface area contributed by atoms with E-state index >= 15 is 0 Å². The van der Waals surface area contributed by atoms with Crippen LogP contribution in [-0.4, -0.2) is 34.9 Å². The molecule has 1 aromatic carbocycles. The van der Waals surface area contributed by atoms with Gasteiger partial charge >= 0.3 is 0 Å². The quantitative estimate of drug-likeness (QED) is 0.581. The van der Waals surface area contributed by atoms with Crippen molar-refractivity contribution in [2.75, 3.05) is 13.2 Å². The molecule has 120 valence electrons. The van der Waals surface area contributed by atoms with Crippen molar-refractivity contribution in [2.45, 2.75) is 19.4 Å². The minimum atomic E-state index is -0.399. The predicted molar refractivity (Wildman–Crippen MR) is 96.3 cm³/mol. The van der Waals surface area contributed by atoms with Gasteiger partial charge in [0.25, 0.3) is 0 Å². The van der Waals surface area contributed by atoms with E-state index in [2.05, 4.69) is 0 Å². The second-order valence-electron chi connectivity index (χ2n) is 5.29. The fourth-order valence-corrected chi connectivity index (χ4v) is 3.87. The number of Topliss-reactive ketones (excluding diaryl/α,β-unsaturated/α-hetero) is 1. The Bertz CT molecular complexity index is 722. The lowest BCUT2D eigenvalue weighted by Gasteiger charge is -2.23. The third-order valence-electron chi connectivity index (χ3n) is 3.99. The monoisotopic (exact) mass is 367 g/mol. The third-order valence-corrected chi connectivity index (χ3v) is 4.99. The topological polar surface area (TPSA) is 29.5 Å². The number of carbonyl (C=O) groups excluding carboxylic acids is 1. The molecule has 0 amide bonds. The Hall–Kier alpha value is -1.36. The van der Waals surface area contributed by atoms with Gasteiger partial charge in [-0.05, 0) is 43.8 Å². The number of allylic oxidation sites excluding steroid dienone is 1. The van der Waals surface area contributed by atoms with Crippen molar-refractivity contribution in [3.8, 4) is 0 Å². The Morgan fingerprint density at radius 3 is 2.74 bits per heavy atom. The van der Waals surface area contributed by atoms with Gasteiger partial charge in [0.2, 0.25) is 0 Å². The minimum absolute atomic E-state index is 0.101. The molecule has 2 heterocycles. The summed E-state index contributed by atoms with van der Waals surface area (Å²) in [6, 6.07) is 4.68. The molecule has 0 N–H and O–H groups in total. The van der Waals surface area contributed by atoms with Crippen LogP contribution < -0.4 is 0 Å². The van der Waals surface area contributed by atoms with Crippen molar-refractivity contribution in [2.24, 2.45) is 0 Å². The molecule has 1 atom stereocenters. The van der Waals surface area contributed by atoms with E-state index in [0.717, 1.165) is 24.2 Å². The lowest BCUT2D eigenvalue weighted by atomic mass is 10.0. The summed E-state index contributed by atoms with van der Waals surface area (Å²) in [5.74, 6) is -0.101. The molecule has 0 aromatic heterocycles. The lowest BCUT2D eigenvalue weighted by molar-refractivity contribution is 0.0916. The van der Waals surface area contributed by atoms with Gasteiger partial charge in [-0.25, -0.2) is 0 Å². The highest BCUT2D eigenvalue weighted by atomic mass is 35.5. The Labute approximate surface area is 150 Å². The molecule has 0 radical (unpaired) electrons. The summed E-state index contributed by atoms with van der Waals surface area (Å²) in [4.78, 5) is 14.9. The summed E-state index contributed by atoms with van der Waals surface area (Å²) < 4.78 is 5.44. The van der Waals surface area contributed by atoms with Crippen LogP contribution in [0.1, 0.15) is 23.7 Å². The molecular formula is C17H15Cl2NO2S. The first-order valence-corrected chi connectivity index (χ1v) is 8.54. The van der Waals surface area contributed by atoms with Crippen molar-refractivity contribution in [3.05, 3.63) is 57.2 Å². The number of ether oxygens (including phenoxy) is 1. The SMILES string of the molecule is CCOC(=S)C1=C2C=CC(C(=O)c3c(Cl)cccc3Cl)N2CC1. The summed E-state index contributed by atoms with van der Waals surface area (Å²) in [5, 5.41) is 1.26. The maximum absolute atomic E-state index is 12.9. The van der Waals surface area contributed by atoms with Gasteiger partial charge in [-0.2, -0.15) is 0 Å². The summed E-state index contributed by atoms with van der Waals surface area (Å²) in [7, 11) is 0. The first-order chi connectivity index (χ1) is 11.0. The molecule has 0 fully saturated rings.